The van der Waals surface area contributed by atoms with E-state index < -0.39 is 139 Å². The lowest BCUT2D eigenvalue weighted by Crippen LogP contribution is -2.48. The van der Waals surface area contributed by atoms with E-state index in [2.05, 4.69) is 31.9 Å². The third kappa shape index (κ3) is 45.1. The summed E-state index contributed by atoms with van der Waals surface area (Å²) in [4.78, 5) is 128. The molecule has 0 aromatic rings. The Morgan fingerprint density at radius 3 is 1.15 bits per heavy atom. The van der Waals surface area contributed by atoms with Gasteiger partial charge < -0.3 is 96.9 Å². The summed E-state index contributed by atoms with van der Waals surface area (Å²) < 4.78 is 0. The fourth-order valence-electron chi connectivity index (χ4n) is 3.22. The van der Waals surface area contributed by atoms with Crippen LogP contribution in [0.15, 0.2) is 0 Å². The topological polar surface area (TPSA) is 555 Å². The van der Waals surface area contributed by atoms with Crippen LogP contribution in [0.2, 0.25) is 0 Å². The van der Waals surface area contributed by atoms with Gasteiger partial charge in [0.1, 0.15) is 31.2 Å². The molecule has 0 saturated heterocycles. The van der Waals surface area contributed by atoms with Crippen molar-refractivity contribution in [2.24, 2.45) is 34.4 Å². The molecule has 0 aromatic carbocycles. The number of aliphatic hydroxyl groups is 1. The highest BCUT2D eigenvalue weighted by Gasteiger charge is 2.24. The van der Waals surface area contributed by atoms with Crippen molar-refractivity contribution in [3.63, 3.8) is 0 Å². The van der Waals surface area contributed by atoms with Crippen LogP contribution in [0.5, 0.6) is 0 Å². The Morgan fingerprint density at radius 2 is 0.821 bits per heavy atom. The summed E-state index contributed by atoms with van der Waals surface area (Å²) >= 11 is 3.13. The summed E-state index contributed by atoms with van der Waals surface area (Å²) in [7, 11) is 0. The number of carbonyl (C=O) groups is 12. The molecule has 8 atom stereocenters. The van der Waals surface area contributed by atoms with Gasteiger partial charge in [0.2, 0.25) is 41.4 Å². The molecule has 6 unspecified atom stereocenters. The molecule has 0 saturated carbocycles. The van der Waals surface area contributed by atoms with Gasteiger partial charge in [-0.15, -0.1) is 0 Å². The number of hydrogen-bond acceptors (Lipinski definition) is 20. The van der Waals surface area contributed by atoms with Gasteiger partial charge in [0, 0.05) is 0 Å². The summed E-state index contributed by atoms with van der Waals surface area (Å²) in [6, 6.07) is -7.00. The average molecular weight is 1010 g/mol. The molecule has 30 nitrogen and oxygen atoms in total. The number of rotatable bonds is 26. The normalized spacial score (nSPS) is 13.4. The van der Waals surface area contributed by atoms with Gasteiger partial charge in [-0.2, -0.15) is 23.5 Å². The molecule has 0 aromatic heterocycles. The number of primary amides is 1. The summed E-state index contributed by atoms with van der Waals surface area (Å²) in [6.07, 6.45) is 4.32. The maximum Gasteiger partial charge on any atom is 0.328 e. The fourth-order valence-corrected chi connectivity index (χ4v) is 4.19. The van der Waals surface area contributed by atoms with Crippen LogP contribution >= 0.6 is 23.5 Å². The van der Waals surface area contributed by atoms with Crippen LogP contribution < -0.4 is 66.3 Å². The van der Waals surface area contributed by atoms with Crippen molar-refractivity contribution in [2.75, 3.05) is 50.3 Å². The number of nitrogens with one attached hydrogen (secondary N) is 6. The molecule has 7 amide bonds. The molecule has 0 aliphatic heterocycles. The van der Waals surface area contributed by atoms with E-state index in [1.165, 1.54) is 39.5 Å². The summed E-state index contributed by atoms with van der Waals surface area (Å²) in [5.41, 5.74) is 31.1. The molecule has 0 bridgehead atoms. The van der Waals surface area contributed by atoms with Crippen LogP contribution in [0.4, 0.5) is 0 Å². The van der Waals surface area contributed by atoms with Crippen molar-refractivity contribution in [3.8, 4) is 0 Å². The first-order valence-electron chi connectivity index (χ1n) is 19.3. The van der Waals surface area contributed by atoms with Crippen molar-refractivity contribution in [1.82, 2.24) is 31.9 Å². The molecular formula is C35H68N12O18S2. The number of amides is 7. The predicted octanol–water partition coefficient (Wildman–Crippen LogP) is -7.75. The van der Waals surface area contributed by atoms with Gasteiger partial charge in [-0.3, -0.25) is 43.2 Å². The molecule has 0 spiro atoms. The molecule has 24 N–H and O–H groups in total. The zero-order valence-electron chi connectivity index (χ0n) is 37.8. The standard InChI is InChI=1S/C8H16N2O3S.2C7H13N3O4.C7H14N2O3S.C6H12N2O4/c1-5(9)7(11)10-6(8(12)13)3-4-14-2;1-4(8)7(14)10-2-5(11)9-3-6(12)13;1-3(8)6(12)10-4(7(13)14)2-5(9)11;1-13-3-2-5(8)7(12)9-4-6(10)11;1-3(7)5(10)8-4(2-9)6(11)12/h5-6H,3-4,9H2,1-2H3,(H,10,11)(H,12,13);4H,2-3,8H2,1H3,(H,9,11)(H,10,14)(H,12,13);3-4H,2,8H2,1H3,(H2,9,11)(H,10,12)(H,13,14);5H,2-4,8H2,1H3,(H,9,12)(H,10,11);3-4,9H,2,7H2,1H3,(H,8,10)(H,11,12)/t;;3?,4-;5-;/m..00./s1. The van der Waals surface area contributed by atoms with Crippen LogP contribution in [0, 0.1) is 0 Å². The maximum atomic E-state index is 11.1. The van der Waals surface area contributed by atoms with Crippen molar-refractivity contribution in [1.29, 1.82) is 0 Å². The fraction of sp³-hybridized carbons (Fsp3) is 0.657. The highest BCUT2D eigenvalue weighted by Crippen LogP contribution is 2.01. The summed E-state index contributed by atoms with van der Waals surface area (Å²) in [5, 5.41) is 63.7. The van der Waals surface area contributed by atoms with E-state index in [0.29, 0.717) is 18.6 Å². The Balaban J connectivity index is -0.000000239. The smallest absolute Gasteiger partial charge is 0.328 e. The summed E-state index contributed by atoms with van der Waals surface area (Å²) in [6.45, 7) is 4.07. The number of aliphatic carboxylic acids is 5. The number of carboxylic acids is 5. The zero-order chi connectivity index (χ0) is 53.6. The monoisotopic (exact) mass is 1010 g/mol. The second-order valence-corrected chi connectivity index (χ2v) is 15.3. The van der Waals surface area contributed by atoms with Crippen LogP contribution in [0.25, 0.3) is 0 Å². The number of nitrogens with two attached hydrogens (primary N) is 6. The Bertz CT molecular complexity index is 1590. The van der Waals surface area contributed by atoms with Gasteiger partial charge in [0.15, 0.2) is 0 Å². The minimum Gasteiger partial charge on any atom is -0.480 e. The predicted molar refractivity (Wildman–Crippen MR) is 242 cm³/mol. The van der Waals surface area contributed by atoms with Gasteiger partial charge >= 0.3 is 29.8 Å². The minimum atomic E-state index is -1.32. The third-order valence-electron chi connectivity index (χ3n) is 6.94. The Morgan fingerprint density at radius 1 is 0.478 bits per heavy atom. The van der Waals surface area contributed by atoms with Gasteiger partial charge in [-0.1, -0.05) is 0 Å². The lowest BCUT2D eigenvalue weighted by molar-refractivity contribution is -0.143. The quantitative estimate of drug-likeness (QED) is 0.0383. The van der Waals surface area contributed by atoms with Gasteiger partial charge in [0.05, 0.1) is 49.8 Å². The molecule has 67 heavy (non-hydrogen) atoms. The second kappa shape index (κ2) is 41.5. The molecule has 0 heterocycles. The number of thioether (sulfide) groups is 2. The van der Waals surface area contributed by atoms with Crippen LogP contribution in [0.3, 0.4) is 0 Å². The molecule has 0 radical (unpaired) electrons. The second-order valence-electron chi connectivity index (χ2n) is 13.4. The van der Waals surface area contributed by atoms with Crippen LogP contribution in [-0.4, -0.2) is 200 Å². The lowest BCUT2D eigenvalue weighted by atomic mass is 10.2. The minimum absolute atomic E-state index is 0.270. The lowest BCUT2D eigenvalue weighted by Gasteiger charge is -2.15. The van der Waals surface area contributed by atoms with Crippen molar-refractivity contribution in [2.45, 2.75) is 95.3 Å². The molecule has 0 fully saturated rings. The van der Waals surface area contributed by atoms with E-state index in [0.717, 1.165) is 5.75 Å². The van der Waals surface area contributed by atoms with E-state index in [1.807, 2.05) is 12.5 Å². The number of carboxylic acid groups (broad SMARTS) is 5. The van der Waals surface area contributed by atoms with Crippen LogP contribution in [-0.2, 0) is 57.5 Å². The highest BCUT2D eigenvalue weighted by molar-refractivity contribution is 7.98. The number of aliphatic hydroxyl groups excluding tert-OH is 1. The molecule has 0 rings (SSSR count). The van der Waals surface area contributed by atoms with Gasteiger partial charge in [-0.25, -0.2) is 14.4 Å². The summed E-state index contributed by atoms with van der Waals surface area (Å²) in [5.74, 6) is -8.26. The molecule has 0 aliphatic carbocycles. The molecule has 0 aliphatic rings. The van der Waals surface area contributed by atoms with Crippen molar-refractivity contribution >= 4 is 94.7 Å². The van der Waals surface area contributed by atoms with E-state index in [-0.39, 0.29) is 13.1 Å². The van der Waals surface area contributed by atoms with E-state index in [9.17, 15) is 57.5 Å². The third-order valence-corrected chi connectivity index (χ3v) is 8.23. The molecular weight excluding hydrogens is 941 g/mol. The molecule has 388 valence electrons. The van der Waals surface area contributed by atoms with Crippen molar-refractivity contribution in [3.05, 3.63) is 0 Å². The first kappa shape index (κ1) is 70.1. The Kier molecular flexibility index (Phi) is 43.5. The number of carbonyl (C=O) groups excluding carboxylic acids is 7. The van der Waals surface area contributed by atoms with Crippen molar-refractivity contribution < 1.29 is 88.2 Å². The van der Waals surface area contributed by atoms with E-state index >= 15 is 0 Å². The first-order valence-corrected chi connectivity index (χ1v) is 22.1. The first-order chi connectivity index (χ1) is 30.8. The van der Waals surface area contributed by atoms with Gasteiger partial charge in [0.25, 0.3) is 0 Å². The van der Waals surface area contributed by atoms with E-state index in [4.69, 9.17) is 65.0 Å². The SMILES string of the molecule is CC(N)C(=O)NC(CO)C(=O)O.CC(N)C(=O)NCC(=O)NCC(=O)O.CC(N)C(=O)N[C@@H](CC(N)=O)C(=O)O.CSCCC(NC(=O)C(C)N)C(=O)O.CSCC[C@H](N)C(=O)NCC(=O)O. The van der Waals surface area contributed by atoms with Crippen LogP contribution in [0.1, 0.15) is 47.0 Å². The van der Waals surface area contributed by atoms with Gasteiger partial charge in [-0.05, 0) is 64.6 Å². The Labute approximate surface area is 393 Å². The number of hydrogen-bond donors (Lipinski definition) is 18. The van der Waals surface area contributed by atoms with E-state index in [1.54, 1.807) is 11.8 Å². The maximum absolute atomic E-state index is 11.1. The highest BCUT2D eigenvalue weighted by atomic mass is 32.2. The molecule has 32 heteroatoms. The Hall–Kier alpha value is -5.90. The zero-order valence-corrected chi connectivity index (χ0v) is 39.5. The average Bonchev–Trinajstić information content (AvgIpc) is 3.23. The largest absolute Gasteiger partial charge is 0.480 e.